The van der Waals surface area contributed by atoms with Gasteiger partial charge in [0.1, 0.15) is 0 Å². The lowest BCUT2D eigenvalue weighted by molar-refractivity contribution is 0.464. The first-order chi connectivity index (χ1) is 8.11. The summed E-state index contributed by atoms with van der Waals surface area (Å²) in [5.41, 5.74) is 0. The fourth-order valence-electron chi connectivity index (χ4n) is 1.67. The maximum Gasteiger partial charge on any atom is 0.193 e. The molecule has 0 unspecified atom stereocenters. The van der Waals surface area contributed by atoms with Crippen molar-refractivity contribution >= 4 is 5.96 Å². The monoisotopic (exact) mass is 239 g/mol. The summed E-state index contributed by atoms with van der Waals surface area (Å²) in [6.45, 7) is 10.3. The van der Waals surface area contributed by atoms with Crippen LogP contribution in [0.1, 0.15) is 39.5 Å². The molecule has 0 bridgehead atoms. The standard InChI is InChI=1S/C14H29N3/c1-6-7-8-12-17(5)14(15-4)16-11-9-10-13(2)3/h6,13H,1,7-12H2,2-5H3,(H,15,16). The summed E-state index contributed by atoms with van der Waals surface area (Å²) < 4.78 is 0. The molecule has 3 heteroatoms. The Morgan fingerprint density at radius 2 is 2.12 bits per heavy atom. The Morgan fingerprint density at radius 1 is 1.41 bits per heavy atom. The van der Waals surface area contributed by atoms with Gasteiger partial charge in [-0.25, -0.2) is 0 Å². The van der Waals surface area contributed by atoms with Gasteiger partial charge in [0.15, 0.2) is 5.96 Å². The summed E-state index contributed by atoms with van der Waals surface area (Å²) in [5.74, 6) is 1.78. The minimum absolute atomic E-state index is 0.782. The van der Waals surface area contributed by atoms with E-state index in [9.17, 15) is 0 Å². The number of hydrogen-bond acceptors (Lipinski definition) is 1. The van der Waals surface area contributed by atoms with Crippen molar-refractivity contribution in [1.82, 2.24) is 10.2 Å². The van der Waals surface area contributed by atoms with Gasteiger partial charge in [0, 0.05) is 27.2 Å². The van der Waals surface area contributed by atoms with Crippen LogP contribution >= 0.6 is 0 Å². The molecule has 1 N–H and O–H groups in total. The van der Waals surface area contributed by atoms with E-state index in [2.05, 4.69) is 42.7 Å². The minimum Gasteiger partial charge on any atom is -0.356 e. The number of hydrogen-bond donors (Lipinski definition) is 1. The van der Waals surface area contributed by atoms with Crippen LogP contribution in [0.15, 0.2) is 17.6 Å². The Balaban J connectivity index is 3.78. The highest BCUT2D eigenvalue weighted by Gasteiger charge is 2.04. The van der Waals surface area contributed by atoms with Gasteiger partial charge in [-0.05, 0) is 31.6 Å². The fourth-order valence-corrected chi connectivity index (χ4v) is 1.67. The smallest absolute Gasteiger partial charge is 0.193 e. The van der Waals surface area contributed by atoms with Crippen molar-refractivity contribution in [3.63, 3.8) is 0 Å². The lowest BCUT2D eigenvalue weighted by Crippen LogP contribution is -2.39. The second-order valence-electron chi connectivity index (χ2n) is 4.86. The van der Waals surface area contributed by atoms with Gasteiger partial charge in [-0.2, -0.15) is 0 Å². The molecule has 0 aromatic carbocycles. The van der Waals surface area contributed by atoms with Gasteiger partial charge in [0.25, 0.3) is 0 Å². The Morgan fingerprint density at radius 3 is 2.65 bits per heavy atom. The van der Waals surface area contributed by atoms with Gasteiger partial charge >= 0.3 is 0 Å². The zero-order valence-electron chi connectivity index (χ0n) is 12.0. The van der Waals surface area contributed by atoms with Crippen LogP contribution in [0.4, 0.5) is 0 Å². The Labute approximate surface area is 107 Å². The molecule has 0 saturated heterocycles. The highest BCUT2D eigenvalue weighted by atomic mass is 15.3. The molecule has 0 heterocycles. The molecule has 0 rings (SSSR count). The van der Waals surface area contributed by atoms with Crippen LogP contribution < -0.4 is 5.32 Å². The molecule has 0 atom stereocenters. The molecule has 0 aliphatic heterocycles. The Bertz CT molecular complexity index is 222. The minimum atomic E-state index is 0.782. The summed E-state index contributed by atoms with van der Waals surface area (Å²) in [6, 6.07) is 0. The quantitative estimate of drug-likeness (QED) is 0.305. The third-order valence-electron chi connectivity index (χ3n) is 2.72. The molecule has 0 aliphatic rings. The van der Waals surface area contributed by atoms with E-state index >= 15 is 0 Å². The van der Waals surface area contributed by atoms with E-state index < -0.39 is 0 Å². The molecule has 0 fully saturated rings. The summed E-state index contributed by atoms with van der Waals surface area (Å²) in [6.07, 6.45) is 6.63. The normalized spacial score (nSPS) is 11.7. The maximum atomic E-state index is 4.29. The highest BCUT2D eigenvalue weighted by Crippen LogP contribution is 2.02. The van der Waals surface area contributed by atoms with Crippen LogP contribution in [0.5, 0.6) is 0 Å². The Hall–Kier alpha value is -0.990. The third-order valence-corrected chi connectivity index (χ3v) is 2.72. The number of rotatable bonds is 8. The third kappa shape index (κ3) is 8.78. The molecule has 0 aromatic rings. The topological polar surface area (TPSA) is 27.6 Å². The molecule has 0 aromatic heterocycles. The van der Waals surface area contributed by atoms with Gasteiger partial charge in [-0.1, -0.05) is 19.9 Å². The Kier molecular flexibility index (Phi) is 9.59. The van der Waals surface area contributed by atoms with E-state index in [0.29, 0.717) is 0 Å². The largest absolute Gasteiger partial charge is 0.356 e. The molecule has 0 aliphatic carbocycles. The van der Waals surface area contributed by atoms with Gasteiger partial charge < -0.3 is 10.2 Å². The van der Waals surface area contributed by atoms with Gasteiger partial charge in [0.05, 0.1) is 0 Å². The first-order valence-electron chi connectivity index (χ1n) is 6.64. The maximum absolute atomic E-state index is 4.29. The van der Waals surface area contributed by atoms with E-state index in [-0.39, 0.29) is 0 Å². The van der Waals surface area contributed by atoms with Crippen molar-refractivity contribution in [3.05, 3.63) is 12.7 Å². The zero-order valence-corrected chi connectivity index (χ0v) is 12.0. The predicted molar refractivity (Wildman–Crippen MR) is 77.5 cm³/mol. The summed E-state index contributed by atoms with van der Waals surface area (Å²) >= 11 is 0. The molecule has 3 nitrogen and oxygen atoms in total. The predicted octanol–water partition coefficient (Wildman–Crippen LogP) is 2.90. The second-order valence-corrected chi connectivity index (χ2v) is 4.86. The number of allylic oxidation sites excluding steroid dienone is 1. The van der Waals surface area contributed by atoms with Crippen LogP contribution in [0, 0.1) is 5.92 Å². The van der Waals surface area contributed by atoms with E-state index in [1.54, 1.807) is 0 Å². The van der Waals surface area contributed by atoms with Crippen molar-refractivity contribution in [1.29, 1.82) is 0 Å². The molecule has 0 spiro atoms. The molecule has 0 radical (unpaired) electrons. The van der Waals surface area contributed by atoms with Crippen LogP contribution in [-0.4, -0.2) is 38.0 Å². The molecule has 0 saturated carbocycles. The lowest BCUT2D eigenvalue weighted by Gasteiger charge is -2.22. The average molecular weight is 239 g/mol. The molecule has 17 heavy (non-hydrogen) atoms. The summed E-state index contributed by atoms with van der Waals surface area (Å²) in [7, 11) is 3.93. The molecular weight excluding hydrogens is 210 g/mol. The highest BCUT2D eigenvalue weighted by molar-refractivity contribution is 5.79. The molecule has 0 amide bonds. The van der Waals surface area contributed by atoms with E-state index in [0.717, 1.165) is 37.8 Å². The van der Waals surface area contributed by atoms with E-state index in [1.807, 2.05) is 13.1 Å². The number of nitrogens with one attached hydrogen (secondary N) is 1. The van der Waals surface area contributed by atoms with Crippen LogP contribution in [0.3, 0.4) is 0 Å². The van der Waals surface area contributed by atoms with Crippen LogP contribution in [-0.2, 0) is 0 Å². The zero-order chi connectivity index (χ0) is 13.1. The first kappa shape index (κ1) is 16.0. The van der Waals surface area contributed by atoms with Gasteiger partial charge in [-0.3, -0.25) is 4.99 Å². The summed E-state index contributed by atoms with van der Waals surface area (Å²) in [4.78, 5) is 6.47. The van der Waals surface area contributed by atoms with Crippen molar-refractivity contribution < 1.29 is 0 Å². The van der Waals surface area contributed by atoms with E-state index in [4.69, 9.17) is 0 Å². The van der Waals surface area contributed by atoms with Crippen molar-refractivity contribution in [2.24, 2.45) is 10.9 Å². The van der Waals surface area contributed by atoms with Crippen LogP contribution in [0.2, 0.25) is 0 Å². The van der Waals surface area contributed by atoms with Crippen LogP contribution in [0.25, 0.3) is 0 Å². The van der Waals surface area contributed by atoms with Crippen molar-refractivity contribution in [3.8, 4) is 0 Å². The van der Waals surface area contributed by atoms with Crippen molar-refractivity contribution in [2.45, 2.75) is 39.5 Å². The van der Waals surface area contributed by atoms with E-state index in [1.165, 1.54) is 12.8 Å². The molecule has 100 valence electrons. The number of unbranched alkanes of at least 4 members (excludes halogenated alkanes) is 1. The SMILES string of the molecule is C=CCCCN(C)C(=NC)NCCCC(C)C. The average Bonchev–Trinajstić information content (AvgIpc) is 2.29. The fraction of sp³-hybridized carbons (Fsp3) is 0.786. The molecular formula is C14H29N3. The number of nitrogens with zero attached hydrogens (tertiary/aromatic N) is 2. The first-order valence-corrected chi connectivity index (χ1v) is 6.64. The number of guanidine groups is 1. The lowest BCUT2D eigenvalue weighted by atomic mass is 10.1. The summed E-state index contributed by atoms with van der Waals surface area (Å²) in [5, 5.41) is 3.40. The van der Waals surface area contributed by atoms with Gasteiger partial charge in [-0.15, -0.1) is 6.58 Å². The second kappa shape index (κ2) is 10.2. The van der Waals surface area contributed by atoms with Crippen molar-refractivity contribution in [2.75, 3.05) is 27.2 Å². The van der Waals surface area contributed by atoms with Gasteiger partial charge in [0.2, 0.25) is 0 Å². The number of aliphatic imine (C=N–C) groups is 1.